The number of ether oxygens (including phenoxy) is 2. The van der Waals surface area contributed by atoms with Crippen molar-refractivity contribution in [1.29, 1.82) is 0 Å². The summed E-state index contributed by atoms with van der Waals surface area (Å²) in [5.41, 5.74) is 0.889. The third kappa shape index (κ3) is 6.29. The van der Waals surface area contributed by atoms with Gasteiger partial charge in [0.1, 0.15) is 5.76 Å². The standard InChI is InChI=1S/C15H25NO5/c1-4-19-8-6-16(7-9-20-5-2)11-13-10-14(15(17)18)21-12(13)3/h10H,4-9,11H2,1-3H3,(H,17,18). The minimum atomic E-state index is -1.04. The highest BCUT2D eigenvalue weighted by atomic mass is 16.5. The molecule has 0 aliphatic carbocycles. The van der Waals surface area contributed by atoms with Crippen LogP contribution in [0, 0.1) is 6.92 Å². The number of aromatic carboxylic acids is 1. The van der Waals surface area contributed by atoms with Gasteiger partial charge in [0, 0.05) is 38.4 Å². The van der Waals surface area contributed by atoms with Crippen LogP contribution >= 0.6 is 0 Å². The topological polar surface area (TPSA) is 72.1 Å². The first-order chi connectivity index (χ1) is 10.1. The maximum Gasteiger partial charge on any atom is 0.371 e. The Morgan fingerprint density at radius 1 is 1.24 bits per heavy atom. The number of nitrogens with zero attached hydrogens (tertiary/aromatic N) is 1. The Balaban J connectivity index is 2.62. The van der Waals surface area contributed by atoms with Gasteiger partial charge in [-0.1, -0.05) is 0 Å². The first kappa shape index (κ1) is 17.7. The number of hydrogen-bond donors (Lipinski definition) is 1. The summed E-state index contributed by atoms with van der Waals surface area (Å²) in [4.78, 5) is 13.1. The van der Waals surface area contributed by atoms with E-state index in [1.54, 1.807) is 13.0 Å². The molecule has 0 saturated carbocycles. The fourth-order valence-corrected chi connectivity index (χ4v) is 1.97. The van der Waals surface area contributed by atoms with Crippen molar-refractivity contribution in [2.75, 3.05) is 39.5 Å². The second-order valence-corrected chi connectivity index (χ2v) is 4.67. The Hall–Kier alpha value is -1.37. The van der Waals surface area contributed by atoms with Gasteiger partial charge in [-0.05, 0) is 26.8 Å². The lowest BCUT2D eigenvalue weighted by Gasteiger charge is -2.21. The van der Waals surface area contributed by atoms with Crippen molar-refractivity contribution in [3.05, 3.63) is 23.2 Å². The fraction of sp³-hybridized carbons (Fsp3) is 0.667. The summed E-state index contributed by atoms with van der Waals surface area (Å²) in [5, 5.41) is 8.96. The van der Waals surface area contributed by atoms with E-state index in [4.69, 9.17) is 19.0 Å². The van der Waals surface area contributed by atoms with E-state index in [1.165, 1.54) is 0 Å². The smallest absolute Gasteiger partial charge is 0.371 e. The second-order valence-electron chi connectivity index (χ2n) is 4.67. The Bertz CT molecular complexity index is 420. The van der Waals surface area contributed by atoms with Gasteiger partial charge in [0.15, 0.2) is 0 Å². The van der Waals surface area contributed by atoms with Gasteiger partial charge in [-0.25, -0.2) is 4.79 Å². The van der Waals surface area contributed by atoms with E-state index in [0.29, 0.717) is 38.7 Å². The van der Waals surface area contributed by atoms with Crippen LogP contribution in [0.4, 0.5) is 0 Å². The summed E-state index contributed by atoms with van der Waals surface area (Å²) in [7, 11) is 0. The van der Waals surface area contributed by atoms with Crippen LogP contribution in [0.3, 0.4) is 0 Å². The van der Waals surface area contributed by atoms with Gasteiger partial charge >= 0.3 is 5.97 Å². The molecule has 1 aromatic rings. The summed E-state index contributed by atoms with van der Waals surface area (Å²) in [6, 6.07) is 1.59. The lowest BCUT2D eigenvalue weighted by molar-refractivity contribution is 0.0661. The van der Waals surface area contributed by atoms with E-state index in [0.717, 1.165) is 18.7 Å². The van der Waals surface area contributed by atoms with Gasteiger partial charge in [0.2, 0.25) is 5.76 Å². The van der Waals surface area contributed by atoms with E-state index in [2.05, 4.69) is 4.90 Å². The Kier molecular flexibility index (Phi) is 8.04. The molecule has 0 atom stereocenters. The summed E-state index contributed by atoms with van der Waals surface area (Å²) >= 11 is 0. The molecule has 0 amide bonds. The number of hydrogen-bond acceptors (Lipinski definition) is 5. The van der Waals surface area contributed by atoms with Crippen molar-refractivity contribution in [3.8, 4) is 0 Å². The first-order valence-electron chi connectivity index (χ1n) is 7.28. The molecular formula is C15H25NO5. The molecule has 0 aliphatic heterocycles. The quantitative estimate of drug-likeness (QED) is 0.631. The minimum Gasteiger partial charge on any atom is -0.475 e. The largest absolute Gasteiger partial charge is 0.475 e. The van der Waals surface area contributed by atoms with Crippen molar-refractivity contribution in [1.82, 2.24) is 4.90 Å². The van der Waals surface area contributed by atoms with Crippen LogP contribution in [0.2, 0.25) is 0 Å². The van der Waals surface area contributed by atoms with Gasteiger partial charge in [0.25, 0.3) is 0 Å². The Labute approximate surface area is 125 Å². The van der Waals surface area contributed by atoms with Crippen LogP contribution in [-0.4, -0.2) is 55.5 Å². The summed E-state index contributed by atoms with van der Waals surface area (Å²) in [6.07, 6.45) is 0. The van der Waals surface area contributed by atoms with Crippen molar-refractivity contribution in [2.45, 2.75) is 27.3 Å². The SMILES string of the molecule is CCOCCN(CCOCC)Cc1cc(C(=O)O)oc1C. The van der Waals surface area contributed by atoms with E-state index in [9.17, 15) is 4.79 Å². The molecule has 0 radical (unpaired) electrons. The van der Waals surface area contributed by atoms with E-state index in [1.807, 2.05) is 13.8 Å². The third-order valence-electron chi connectivity index (χ3n) is 3.14. The number of carbonyl (C=O) groups is 1. The molecule has 1 rings (SSSR count). The van der Waals surface area contributed by atoms with Crippen LogP contribution < -0.4 is 0 Å². The van der Waals surface area contributed by atoms with Crippen molar-refractivity contribution < 1.29 is 23.8 Å². The molecule has 0 spiro atoms. The lowest BCUT2D eigenvalue weighted by atomic mass is 10.2. The minimum absolute atomic E-state index is 0.0166. The molecule has 21 heavy (non-hydrogen) atoms. The van der Waals surface area contributed by atoms with Gasteiger partial charge < -0.3 is 19.0 Å². The molecule has 0 unspecified atom stereocenters. The van der Waals surface area contributed by atoms with Crippen LogP contribution in [0.25, 0.3) is 0 Å². The van der Waals surface area contributed by atoms with E-state index < -0.39 is 5.97 Å². The number of carboxylic acid groups (broad SMARTS) is 1. The summed E-state index contributed by atoms with van der Waals surface area (Å²) in [6.45, 7) is 10.5. The van der Waals surface area contributed by atoms with Crippen LogP contribution in [0.1, 0.15) is 35.7 Å². The molecule has 0 fully saturated rings. The van der Waals surface area contributed by atoms with E-state index in [-0.39, 0.29) is 5.76 Å². The van der Waals surface area contributed by atoms with Gasteiger partial charge in [-0.15, -0.1) is 0 Å². The molecule has 120 valence electrons. The first-order valence-corrected chi connectivity index (χ1v) is 7.28. The van der Waals surface area contributed by atoms with Crippen LogP contribution in [0.15, 0.2) is 10.5 Å². The number of rotatable bonds is 11. The molecule has 1 N–H and O–H groups in total. The molecule has 0 bridgehead atoms. The molecule has 0 aromatic carbocycles. The molecule has 6 nitrogen and oxygen atoms in total. The predicted molar refractivity (Wildman–Crippen MR) is 78.7 cm³/mol. The van der Waals surface area contributed by atoms with Crippen molar-refractivity contribution >= 4 is 5.97 Å². The molecule has 1 heterocycles. The maximum absolute atomic E-state index is 10.9. The zero-order valence-electron chi connectivity index (χ0n) is 13.1. The molecule has 6 heteroatoms. The zero-order valence-corrected chi connectivity index (χ0v) is 13.1. The number of aryl methyl sites for hydroxylation is 1. The molecular weight excluding hydrogens is 274 g/mol. The van der Waals surface area contributed by atoms with Crippen molar-refractivity contribution in [2.24, 2.45) is 0 Å². The summed E-state index contributed by atoms with van der Waals surface area (Å²) in [5.74, 6) is -0.415. The van der Waals surface area contributed by atoms with Gasteiger partial charge in [-0.3, -0.25) is 4.90 Å². The second kappa shape index (κ2) is 9.55. The highest BCUT2D eigenvalue weighted by Crippen LogP contribution is 2.16. The number of carboxylic acids is 1. The average molecular weight is 299 g/mol. The highest BCUT2D eigenvalue weighted by molar-refractivity contribution is 5.84. The summed E-state index contributed by atoms with van der Waals surface area (Å²) < 4.78 is 16.0. The number of furan rings is 1. The fourth-order valence-electron chi connectivity index (χ4n) is 1.97. The van der Waals surface area contributed by atoms with Crippen LogP contribution in [0.5, 0.6) is 0 Å². The molecule has 0 saturated heterocycles. The maximum atomic E-state index is 10.9. The predicted octanol–water partition coefficient (Wildman–Crippen LogP) is 2.16. The molecule has 0 aliphatic rings. The lowest BCUT2D eigenvalue weighted by Crippen LogP contribution is -2.30. The van der Waals surface area contributed by atoms with Crippen molar-refractivity contribution in [3.63, 3.8) is 0 Å². The zero-order chi connectivity index (χ0) is 15.7. The Morgan fingerprint density at radius 3 is 2.24 bits per heavy atom. The van der Waals surface area contributed by atoms with Crippen LogP contribution in [-0.2, 0) is 16.0 Å². The average Bonchev–Trinajstić information content (AvgIpc) is 2.81. The molecule has 1 aromatic heterocycles. The highest BCUT2D eigenvalue weighted by Gasteiger charge is 2.15. The third-order valence-corrected chi connectivity index (χ3v) is 3.14. The monoisotopic (exact) mass is 299 g/mol. The van der Waals surface area contributed by atoms with Gasteiger partial charge in [-0.2, -0.15) is 0 Å². The normalized spacial score (nSPS) is 11.2. The van der Waals surface area contributed by atoms with E-state index >= 15 is 0 Å². The van der Waals surface area contributed by atoms with Gasteiger partial charge in [0.05, 0.1) is 13.2 Å². The Morgan fingerprint density at radius 2 is 1.81 bits per heavy atom.